The molecule has 2 aromatic carbocycles. The van der Waals surface area contributed by atoms with Crippen molar-refractivity contribution in [1.82, 2.24) is 4.98 Å². The number of aromatic carboxylic acids is 1. The zero-order chi connectivity index (χ0) is 18.3. The van der Waals surface area contributed by atoms with E-state index in [-0.39, 0.29) is 11.4 Å². The third kappa shape index (κ3) is 2.67. The number of aromatic nitrogens is 1. The van der Waals surface area contributed by atoms with Gasteiger partial charge in [0.1, 0.15) is 11.4 Å². The lowest BCUT2D eigenvalue weighted by Crippen LogP contribution is -1.94. The first-order valence-corrected chi connectivity index (χ1v) is 8.31. The summed E-state index contributed by atoms with van der Waals surface area (Å²) in [5.41, 5.74) is 4.04. The molecule has 0 saturated carbocycles. The molecular weight excluding hydrogens is 333 g/mol. The number of furan rings is 1. The number of carbonyl (C=O) groups is 1. The lowest BCUT2D eigenvalue weighted by molar-refractivity contribution is 0.0697. The van der Waals surface area contributed by atoms with Gasteiger partial charge in [-0.3, -0.25) is 0 Å². The van der Waals surface area contributed by atoms with Gasteiger partial charge >= 0.3 is 5.97 Å². The summed E-state index contributed by atoms with van der Waals surface area (Å²) in [4.78, 5) is 14.2. The smallest absolute Gasteiger partial charge is 0.335 e. The predicted molar refractivity (Wildman–Crippen MR) is 97.7 cm³/mol. The quantitative estimate of drug-likeness (QED) is 0.511. The van der Waals surface area contributed by atoms with E-state index in [4.69, 9.17) is 9.52 Å². The summed E-state index contributed by atoms with van der Waals surface area (Å²) in [6.45, 7) is 1.91. The predicted octanol–water partition coefficient (Wildman–Crippen LogP) is 5.49. The minimum absolute atomic E-state index is 0.224. The van der Waals surface area contributed by atoms with Crippen molar-refractivity contribution in [3.05, 3.63) is 71.5 Å². The van der Waals surface area contributed by atoms with Crippen LogP contribution in [0.15, 0.2) is 59.0 Å². The minimum atomic E-state index is -0.954. The number of carboxylic acids is 1. The minimum Gasteiger partial charge on any atom is -0.478 e. The van der Waals surface area contributed by atoms with Gasteiger partial charge in [0.15, 0.2) is 5.76 Å². The first-order valence-electron chi connectivity index (χ1n) is 8.31. The molecule has 0 amide bonds. The number of nitrogens with one attached hydrogen (secondary N) is 1. The Hall–Kier alpha value is -3.34. The van der Waals surface area contributed by atoms with Gasteiger partial charge in [-0.05, 0) is 60.0 Å². The van der Waals surface area contributed by atoms with E-state index in [1.807, 2.05) is 25.1 Å². The molecule has 0 aliphatic heterocycles. The number of halogens is 1. The molecule has 2 N–H and O–H groups in total. The second-order valence-corrected chi connectivity index (χ2v) is 6.07. The maximum Gasteiger partial charge on any atom is 0.335 e. The van der Waals surface area contributed by atoms with Gasteiger partial charge in [-0.15, -0.1) is 0 Å². The number of carboxylic acid groups (broad SMARTS) is 1. The maximum absolute atomic E-state index is 14.0. The molecule has 0 bridgehead atoms. The van der Waals surface area contributed by atoms with Crippen molar-refractivity contribution in [2.75, 3.05) is 0 Å². The van der Waals surface area contributed by atoms with Crippen molar-refractivity contribution in [2.45, 2.75) is 13.3 Å². The van der Waals surface area contributed by atoms with Crippen molar-refractivity contribution >= 4 is 16.9 Å². The molecule has 26 heavy (non-hydrogen) atoms. The molecule has 4 rings (SSSR count). The Morgan fingerprint density at radius 1 is 1.08 bits per heavy atom. The molecule has 0 radical (unpaired) electrons. The Balaban J connectivity index is 1.72. The SMILES string of the molecule is CCc1c(F)ccc2oc(-c3ccc(-c4ccc(C(=O)O)cc4)[nH]3)cc12. The van der Waals surface area contributed by atoms with Crippen LogP contribution in [-0.2, 0) is 6.42 Å². The zero-order valence-corrected chi connectivity index (χ0v) is 14.0. The molecule has 0 aliphatic carbocycles. The third-order valence-corrected chi connectivity index (χ3v) is 4.50. The highest BCUT2D eigenvalue weighted by atomic mass is 19.1. The van der Waals surface area contributed by atoms with Crippen LogP contribution in [0.2, 0.25) is 0 Å². The van der Waals surface area contributed by atoms with Gasteiger partial charge in [-0.2, -0.15) is 0 Å². The van der Waals surface area contributed by atoms with Gasteiger partial charge in [-0.25, -0.2) is 9.18 Å². The molecule has 4 nitrogen and oxygen atoms in total. The average Bonchev–Trinajstić information content (AvgIpc) is 3.28. The summed E-state index contributed by atoms with van der Waals surface area (Å²) < 4.78 is 19.8. The van der Waals surface area contributed by atoms with Crippen LogP contribution in [0.25, 0.3) is 33.7 Å². The van der Waals surface area contributed by atoms with Gasteiger partial charge in [0.2, 0.25) is 0 Å². The second kappa shape index (κ2) is 6.19. The van der Waals surface area contributed by atoms with Crippen LogP contribution in [-0.4, -0.2) is 16.1 Å². The van der Waals surface area contributed by atoms with E-state index in [1.54, 1.807) is 30.3 Å². The summed E-state index contributed by atoms with van der Waals surface area (Å²) in [6, 6.07) is 15.3. The largest absolute Gasteiger partial charge is 0.478 e. The third-order valence-electron chi connectivity index (χ3n) is 4.50. The summed E-state index contributed by atoms with van der Waals surface area (Å²) >= 11 is 0. The van der Waals surface area contributed by atoms with Gasteiger partial charge < -0.3 is 14.5 Å². The van der Waals surface area contributed by atoms with Crippen LogP contribution in [0.1, 0.15) is 22.8 Å². The fraction of sp³-hybridized carbons (Fsp3) is 0.0952. The first-order chi connectivity index (χ1) is 12.6. The first kappa shape index (κ1) is 16.1. The van der Waals surface area contributed by atoms with Crippen molar-refractivity contribution in [3.8, 4) is 22.7 Å². The van der Waals surface area contributed by atoms with Crippen molar-refractivity contribution < 1.29 is 18.7 Å². The Labute approximate surface area is 148 Å². The lowest BCUT2D eigenvalue weighted by atomic mass is 10.1. The second-order valence-electron chi connectivity index (χ2n) is 6.07. The van der Waals surface area contributed by atoms with Crippen LogP contribution in [0.3, 0.4) is 0 Å². The summed E-state index contributed by atoms with van der Waals surface area (Å²) in [5, 5.41) is 9.77. The summed E-state index contributed by atoms with van der Waals surface area (Å²) in [7, 11) is 0. The van der Waals surface area contributed by atoms with E-state index in [0.717, 1.165) is 22.3 Å². The molecule has 0 saturated heterocycles. The number of aromatic amines is 1. The molecular formula is C21H16FNO3. The molecule has 0 atom stereocenters. The Kier molecular flexibility index (Phi) is 3.84. The van der Waals surface area contributed by atoms with E-state index >= 15 is 0 Å². The van der Waals surface area contributed by atoms with Gasteiger partial charge in [0.25, 0.3) is 0 Å². The molecule has 2 aromatic heterocycles. The number of fused-ring (bicyclic) bond motifs is 1. The number of hydrogen-bond donors (Lipinski definition) is 2. The number of rotatable bonds is 4. The van der Waals surface area contributed by atoms with Gasteiger partial charge in [0, 0.05) is 11.1 Å². The molecule has 5 heteroatoms. The van der Waals surface area contributed by atoms with E-state index in [0.29, 0.717) is 23.3 Å². The topological polar surface area (TPSA) is 66.2 Å². The van der Waals surface area contributed by atoms with E-state index in [1.165, 1.54) is 6.07 Å². The highest BCUT2D eigenvalue weighted by Gasteiger charge is 2.14. The Morgan fingerprint density at radius 3 is 2.50 bits per heavy atom. The Morgan fingerprint density at radius 2 is 1.81 bits per heavy atom. The molecule has 2 heterocycles. The van der Waals surface area contributed by atoms with Crippen molar-refractivity contribution in [3.63, 3.8) is 0 Å². The average molecular weight is 349 g/mol. The number of H-pyrrole nitrogens is 1. The molecule has 4 aromatic rings. The summed E-state index contributed by atoms with van der Waals surface area (Å²) in [6.07, 6.45) is 0.591. The summed E-state index contributed by atoms with van der Waals surface area (Å²) in [5.74, 6) is -0.545. The molecule has 0 unspecified atom stereocenters. The lowest BCUT2D eigenvalue weighted by Gasteiger charge is -1.99. The highest BCUT2D eigenvalue weighted by molar-refractivity contribution is 5.88. The highest BCUT2D eigenvalue weighted by Crippen LogP contribution is 2.32. The number of aryl methyl sites for hydroxylation is 1. The fourth-order valence-electron chi connectivity index (χ4n) is 3.13. The number of benzene rings is 2. The van der Waals surface area contributed by atoms with E-state index in [9.17, 15) is 9.18 Å². The van der Waals surface area contributed by atoms with Crippen molar-refractivity contribution in [2.24, 2.45) is 0 Å². The van der Waals surface area contributed by atoms with Gasteiger partial charge in [0.05, 0.1) is 11.3 Å². The van der Waals surface area contributed by atoms with Gasteiger partial charge in [-0.1, -0.05) is 19.1 Å². The van der Waals surface area contributed by atoms with E-state index in [2.05, 4.69) is 4.98 Å². The molecule has 0 fully saturated rings. The van der Waals surface area contributed by atoms with Crippen LogP contribution in [0.4, 0.5) is 4.39 Å². The molecule has 130 valence electrons. The zero-order valence-electron chi connectivity index (χ0n) is 14.0. The molecule has 0 spiro atoms. The van der Waals surface area contributed by atoms with Crippen LogP contribution in [0.5, 0.6) is 0 Å². The monoisotopic (exact) mass is 349 g/mol. The van der Waals surface area contributed by atoms with Crippen LogP contribution in [0, 0.1) is 5.82 Å². The van der Waals surface area contributed by atoms with Crippen LogP contribution >= 0.6 is 0 Å². The standard InChI is InChI=1S/C21H16FNO3/c1-2-14-15-11-20(26-19(15)10-7-16(14)22)18-9-8-17(23-18)12-3-5-13(6-4-12)21(24)25/h3-11,23H,2H2,1H3,(H,24,25). The molecule has 0 aliphatic rings. The fourth-order valence-corrected chi connectivity index (χ4v) is 3.13. The maximum atomic E-state index is 14.0. The number of hydrogen-bond acceptors (Lipinski definition) is 2. The Bertz CT molecular complexity index is 1110. The normalized spacial score (nSPS) is 11.2. The van der Waals surface area contributed by atoms with E-state index < -0.39 is 5.97 Å². The van der Waals surface area contributed by atoms with Crippen LogP contribution < -0.4 is 0 Å². The van der Waals surface area contributed by atoms with Crippen molar-refractivity contribution in [1.29, 1.82) is 0 Å².